The maximum Gasteiger partial charge on any atom is 0.257 e. The van der Waals surface area contributed by atoms with E-state index < -0.39 is 11.7 Å². The van der Waals surface area contributed by atoms with Gasteiger partial charge in [-0.3, -0.25) is 20.6 Å². The van der Waals surface area contributed by atoms with Crippen LogP contribution in [-0.2, 0) is 0 Å². The van der Waals surface area contributed by atoms with Crippen LogP contribution in [-0.4, -0.2) is 42.8 Å². The number of nitrogens with zero attached hydrogens (tertiary/aromatic N) is 4. The van der Waals surface area contributed by atoms with Crippen molar-refractivity contribution in [3.63, 3.8) is 0 Å². The van der Waals surface area contributed by atoms with Crippen LogP contribution in [0.25, 0.3) is 16.8 Å². The van der Waals surface area contributed by atoms with E-state index in [4.69, 9.17) is 15.6 Å². The Balaban J connectivity index is 1.46. The van der Waals surface area contributed by atoms with Crippen LogP contribution in [0.2, 0.25) is 0 Å². The molecule has 9 nitrogen and oxygen atoms in total. The molecule has 3 heterocycles. The normalized spacial score (nSPS) is 10.3. The lowest BCUT2D eigenvalue weighted by molar-refractivity contribution is 0.0978. The molecule has 168 valence electrons. The molecular weight excluding hydrogens is 457 g/mol. The van der Waals surface area contributed by atoms with Crippen molar-refractivity contribution in [3.05, 3.63) is 78.3 Å². The van der Waals surface area contributed by atoms with Gasteiger partial charge in [-0.25, -0.2) is 13.9 Å². The smallest absolute Gasteiger partial charge is 0.257 e. The van der Waals surface area contributed by atoms with Crippen molar-refractivity contribution in [2.75, 3.05) is 7.11 Å². The van der Waals surface area contributed by atoms with Gasteiger partial charge in [-0.15, -0.1) is 0 Å². The lowest BCUT2D eigenvalue weighted by Gasteiger charge is -2.13. The monoisotopic (exact) mass is 473 g/mol. The first kappa shape index (κ1) is 22.6. The number of ether oxygens (including phenoxy) is 1. The number of benzene rings is 1. The van der Waals surface area contributed by atoms with Crippen LogP contribution in [0.3, 0.4) is 0 Å². The Morgan fingerprint density at radius 3 is 2.85 bits per heavy atom. The number of aromatic nitrogens is 4. The van der Waals surface area contributed by atoms with E-state index in [-0.39, 0.29) is 15.8 Å². The lowest BCUT2D eigenvalue weighted by Crippen LogP contribution is -2.28. The van der Waals surface area contributed by atoms with Crippen LogP contribution in [0.5, 0.6) is 5.75 Å². The maximum absolute atomic E-state index is 13.9. The highest BCUT2D eigenvalue weighted by Crippen LogP contribution is 2.32. The number of thioether (sulfide) groups is 1. The Hall–Kier alpha value is -4.56. The Morgan fingerprint density at radius 1 is 1.18 bits per heavy atom. The molecule has 0 unspecified atom stereocenters. The van der Waals surface area contributed by atoms with Gasteiger partial charge in [-0.1, -0.05) is 0 Å². The highest BCUT2D eigenvalue weighted by molar-refractivity contribution is 8.26. The SMILES string of the molecule is COc1ccc(F)cc1-c1cnccc1C(=O)NC(=N)SC(=N)C#Cc1ccc2nccn2n1. The molecule has 4 rings (SSSR count). The number of carbonyl (C=O) groups is 1. The second-order valence-electron chi connectivity index (χ2n) is 6.68. The van der Waals surface area contributed by atoms with Gasteiger partial charge in [0.05, 0.1) is 12.7 Å². The summed E-state index contributed by atoms with van der Waals surface area (Å²) in [7, 11) is 1.44. The minimum absolute atomic E-state index is 0.153. The van der Waals surface area contributed by atoms with Gasteiger partial charge in [0.2, 0.25) is 0 Å². The summed E-state index contributed by atoms with van der Waals surface area (Å²) in [5, 5.41) is 22.2. The van der Waals surface area contributed by atoms with Gasteiger partial charge in [0.25, 0.3) is 5.91 Å². The summed E-state index contributed by atoms with van der Waals surface area (Å²) in [6.07, 6.45) is 6.12. The van der Waals surface area contributed by atoms with Gasteiger partial charge in [0, 0.05) is 35.9 Å². The van der Waals surface area contributed by atoms with Crippen LogP contribution in [0.4, 0.5) is 4.39 Å². The first-order valence-electron chi connectivity index (χ1n) is 9.71. The summed E-state index contributed by atoms with van der Waals surface area (Å²) < 4.78 is 20.7. The number of methoxy groups -OCH3 is 1. The van der Waals surface area contributed by atoms with Crippen molar-refractivity contribution >= 4 is 33.5 Å². The van der Waals surface area contributed by atoms with Crippen molar-refractivity contribution in [2.24, 2.45) is 0 Å². The second-order valence-corrected chi connectivity index (χ2v) is 7.70. The fourth-order valence-electron chi connectivity index (χ4n) is 3.02. The summed E-state index contributed by atoms with van der Waals surface area (Å²) in [6.45, 7) is 0. The van der Waals surface area contributed by atoms with Crippen LogP contribution < -0.4 is 10.1 Å². The number of rotatable bonds is 3. The Morgan fingerprint density at radius 2 is 2.03 bits per heavy atom. The molecule has 3 N–H and O–H groups in total. The van der Waals surface area contributed by atoms with Crippen molar-refractivity contribution < 1.29 is 13.9 Å². The minimum Gasteiger partial charge on any atom is -0.496 e. The minimum atomic E-state index is -0.616. The van der Waals surface area contributed by atoms with Gasteiger partial charge in [-0.2, -0.15) is 5.10 Å². The van der Waals surface area contributed by atoms with E-state index >= 15 is 0 Å². The Labute approximate surface area is 197 Å². The van der Waals surface area contributed by atoms with Crippen LogP contribution in [0.15, 0.2) is 61.2 Å². The molecule has 0 aliphatic carbocycles. The molecule has 1 aromatic carbocycles. The topological polar surface area (TPSA) is 129 Å². The molecule has 0 atom stereocenters. The molecule has 3 aromatic heterocycles. The zero-order valence-corrected chi connectivity index (χ0v) is 18.5. The molecule has 11 heteroatoms. The highest BCUT2D eigenvalue weighted by Gasteiger charge is 2.18. The zero-order chi connectivity index (χ0) is 24.1. The molecule has 0 radical (unpaired) electrons. The molecule has 0 bridgehead atoms. The number of hydrogen-bond donors (Lipinski definition) is 3. The van der Waals surface area contributed by atoms with Gasteiger partial charge < -0.3 is 10.1 Å². The standard InChI is InChI=1S/C23H16FN7O2S/c1-33-19-5-2-14(24)12-17(19)18-13-27-9-8-16(18)22(32)29-23(26)34-20(25)6-3-15-4-7-21-28-10-11-31(21)30-15/h2,4-5,7-13,25H,1H3,(H2,26,29,32). The third-order valence-corrected chi connectivity index (χ3v) is 5.12. The van der Waals surface area contributed by atoms with Crippen molar-refractivity contribution in [2.45, 2.75) is 0 Å². The average molecular weight is 473 g/mol. The predicted octanol–water partition coefficient (Wildman–Crippen LogP) is 3.37. The van der Waals surface area contributed by atoms with Crippen LogP contribution in [0, 0.1) is 28.5 Å². The Kier molecular flexibility index (Phi) is 6.61. The van der Waals surface area contributed by atoms with E-state index in [9.17, 15) is 9.18 Å². The third kappa shape index (κ3) is 5.08. The fraction of sp³-hybridized carbons (Fsp3) is 0.0435. The molecule has 0 aliphatic rings. The molecule has 0 saturated heterocycles. The first-order chi connectivity index (χ1) is 16.4. The fourth-order valence-corrected chi connectivity index (χ4v) is 3.47. The molecule has 1 amide bonds. The van der Waals surface area contributed by atoms with Crippen molar-refractivity contribution in [3.8, 4) is 28.7 Å². The number of amides is 1. The summed E-state index contributed by atoms with van der Waals surface area (Å²) in [4.78, 5) is 21.0. The summed E-state index contributed by atoms with van der Waals surface area (Å²) >= 11 is 0.673. The number of fused-ring (bicyclic) bond motifs is 1. The molecule has 34 heavy (non-hydrogen) atoms. The summed E-state index contributed by atoms with van der Waals surface area (Å²) in [6, 6.07) is 8.82. The molecular formula is C23H16FN7O2S. The van der Waals surface area contributed by atoms with Gasteiger partial charge in [-0.05, 0) is 60.0 Å². The van der Waals surface area contributed by atoms with E-state index in [1.807, 2.05) is 0 Å². The average Bonchev–Trinajstić information content (AvgIpc) is 3.30. The van der Waals surface area contributed by atoms with E-state index in [1.54, 1.807) is 29.0 Å². The molecule has 0 spiro atoms. The number of amidine groups is 1. The number of imidazole rings is 1. The van der Waals surface area contributed by atoms with Gasteiger partial charge in [0.15, 0.2) is 10.8 Å². The lowest BCUT2D eigenvalue weighted by atomic mass is 10.0. The first-order valence-corrected chi connectivity index (χ1v) is 10.5. The van der Waals surface area contributed by atoms with Crippen LogP contribution >= 0.6 is 11.8 Å². The third-order valence-electron chi connectivity index (χ3n) is 4.51. The zero-order valence-electron chi connectivity index (χ0n) is 17.7. The van der Waals surface area contributed by atoms with E-state index in [2.05, 4.69) is 32.2 Å². The number of carbonyl (C=O) groups excluding carboxylic acids is 1. The van der Waals surface area contributed by atoms with Gasteiger partial charge >= 0.3 is 0 Å². The maximum atomic E-state index is 13.9. The quantitative estimate of drug-likeness (QED) is 0.238. The van der Waals surface area contributed by atoms with E-state index in [1.165, 1.54) is 43.8 Å². The summed E-state index contributed by atoms with van der Waals surface area (Å²) in [5.74, 6) is 4.60. The van der Waals surface area contributed by atoms with E-state index in [0.29, 0.717) is 40.0 Å². The van der Waals surface area contributed by atoms with Gasteiger partial charge in [0.1, 0.15) is 22.3 Å². The summed E-state index contributed by atoms with van der Waals surface area (Å²) in [5.41, 5.74) is 1.95. The molecule has 0 fully saturated rings. The highest BCUT2D eigenvalue weighted by atomic mass is 32.2. The molecule has 4 aromatic rings. The molecule has 0 aliphatic heterocycles. The molecule has 0 saturated carbocycles. The number of hydrogen-bond acceptors (Lipinski definition) is 8. The Bertz CT molecular complexity index is 1490. The van der Waals surface area contributed by atoms with E-state index in [0.717, 1.165) is 0 Å². The number of nitrogens with one attached hydrogen (secondary N) is 3. The second kappa shape index (κ2) is 9.93. The predicted molar refractivity (Wildman–Crippen MR) is 127 cm³/mol. The number of halogens is 1. The number of pyridine rings is 1. The van der Waals surface area contributed by atoms with Crippen LogP contribution in [0.1, 0.15) is 16.1 Å². The van der Waals surface area contributed by atoms with Crippen molar-refractivity contribution in [1.82, 2.24) is 24.9 Å². The largest absolute Gasteiger partial charge is 0.496 e. The van der Waals surface area contributed by atoms with Crippen molar-refractivity contribution in [1.29, 1.82) is 10.8 Å².